The van der Waals surface area contributed by atoms with E-state index in [1.54, 1.807) is 0 Å². The highest BCUT2D eigenvalue weighted by Crippen LogP contribution is 1.96. The van der Waals surface area contributed by atoms with Gasteiger partial charge in [-0.05, 0) is 0 Å². The molecule has 0 aliphatic rings. The van der Waals surface area contributed by atoms with Gasteiger partial charge in [0, 0.05) is 12.3 Å². The molecule has 0 bridgehead atoms. The predicted molar refractivity (Wildman–Crippen MR) is 33.9 cm³/mol. The van der Waals surface area contributed by atoms with Crippen molar-refractivity contribution >= 4 is 23.2 Å². The normalized spacial score (nSPS) is 12.4. The van der Waals surface area contributed by atoms with Crippen LogP contribution in [0.3, 0.4) is 0 Å². The molecule has 0 rings (SSSR count). The van der Waals surface area contributed by atoms with Gasteiger partial charge >= 0.3 is 0 Å². The zero-order valence-corrected chi connectivity index (χ0v) is 4.71. The highest BCUT2D eigenvalue weighted by atomic mass is 35.5. The van der Waals surface area contributed by atoms with E-state index < -0.39 is 5.56 Å². The second kappa shape index (κ2) is 6.54. The molecule has 0 aromatic heterocycles. The topological polar surface area (TPSA) is 20.2 Å². The van der Waals surface area contributed by atoms with Gasteiger partial charge in [-0.3, -0.25) is 0 Å². The van der Waals surface area contributed by atoms with Gasteiger partial charge in [-0.1, -0.05) is 19.0 Å². The Morgan fingerprint density at radius 2 is 2.00 bits per heavy atom. The van der Waals surface area contributed by atoms with Crippen molar-refractivity contribution in [2.75, 3.05) is 5.88 Å². The van der Waals surface area contributed by atoms with Crippen LogP contribution in [0.5, 0.6) is 0 Å². The molecule has 0 spiro atoms. The molecule has 0 heterocycles. The first-order valence-electron chi connectivity index (χ1n) is 1.65. The highest BCUT2D eigenvalue weighted by Gasteiger charge is 1.91. The summed E-state index contributed by atoms with van der Waals surface area (Å²) < 4.78 is 0. The van der Waals surface area contributed by atoms with Gasteiger partial charge in [0.2, 0.25) is 0 Å². The number of hydrogen-bond donors (Lipinski definition) is 1. The molecule has 1 nitrogen and oxygen atoms in total. The summed E-state index contributed by atoms with van der Waals surface area (Å²) in [4.78, 5) is 0. The lowest BCUT2D eigenvalue weighted by atomic mass is 10.5. The molecule has 0 saturated carbocycles. The molecular formula is C4H10Cl2O. The summed E-state index contributed by atoms with van der Waals surface area (Å²) in [5.41, 5.74) is -0.762. The molecule has 3 heteroatoms. The number of rotatable bonds is 2. The Hall–Kier alpha value is 0.540. The van der Waals surface area contributed by atoms with Gasteiger partial charge in [0.15, 0.2) is 0 Å². The maximum Gasteiger partial charge on any atom is 0.129 e. The van der Waals surface area contributed by atoms with Gasteiger partial charge < -0.3 is 5.11 Å². The third-order valence-electron chi connectivity index (χ3n) is 0.347. The Bertz CT molecular complexity index is 30.9. The summed E-state index contributed by atoms with van der Waals surface area (Å²) in [5.74, 6) is 0.421. The summed E-state index contributed by atoms with van der Waals surface area (Å²) in [5, 5.41) is 8.23. The minimum Gasteiger partial charge on any atom is -0.378 e. The fourth-order valence-corrected chi connectivity index (χ4v) is 0.518. The molecule has 0 aromatic carbocycles. The molecule has 0 aromatic rings. The fourth-order valence-electron chi connectivity index (χ4n) is 0.0900. The van der Waals surface area contributed by atoms with Crippen molar-refractivity contribution in [2.45, 2.75) is 19.4 Å². The Morgan fingerprint density at radius 1 is 1.57 bits per heavy atom. The van der Waals surface area contributed by atoms with E-state index in [1.165, 1.54) is 0 Å². The van der Waals surface area contributed by atoms with Crippen molar-refractivity contribution in [3.63, 3.8) is 0 Å². The largest absolute Gasteiger partial charge is 0.378 e. The van der Waals surface area contributed by atoms with Gasteiger partial charge in [0.25, 0.3) is 0 Å². The van der Waals surface area contributed by atoms with E-state index >= 15 is 0 Å². The van der Waals surface area contributed by atoms with Crippen molar-refractivity contribution in [1.82, 2.24) is 0 Å². The van der Waals surface area contributed by atoms with Crippen LogP contribution in [0, 0.1) is 0 Å². The Labute approximate surface area is 54.2 Å². The van der Waals surface area contributed by atoms with E-state index in [0.29, 0.717) is 12.3 Å². The molecule has 7 heavy (non-hydrogen) atoms. The van der Waals surface area contributed by atoms with Gasteiger partial charge in [-0.25, -0.2) is 0 Å². The number of aliphatic hydroxyl groups excluding tert-OH is 1. The van der Waals surface area contributed by atoms with Crippen LogP contribution < -0.4 is 0 Å². The molecule has 1 atom stereocenters. The molecule has 0 aliphatic heterocycles. The molecule has 0 radical (unpaired) electrons. The van der Waals surface area contributed by atoms with E-state index in [0.717, 1.165) is 0 Å². The van der Waals surface area contributed by atoms with Crippen molar-refractivity contribution in [3.8, 4) is 0 Å². The molecular weight excluding hydrogens is 135 g/mol. The van der Waals surface area contributed by atoms with E-state index in [1.807, 2.05) is 0 Å². The van der Waals surface area contributed by atoms with Crippen molar-refractivity contribution in [1.29, 1.82) is 0 Å². The van der Waals surface area contributed by atoms with Crippen LogP contribution in [-0.4, -0.2) is 16.5 Å². The van der Waals surface area contributed by atoms with Crippen LogP contribution >= 0.6 is 23.2 Å². The first-order chi connectivity index (χ1) is 2.77. The minimum absolute atomic E-state index is 0. The van der Waals surface area contributed by atoms with Crippen molar-refractivity contribution in [3.05, 3.63) is 0 Å². The molecule has 1 unspecified atom stereocenters. The summed E-state index contributed by atoms with van der Waals surface area (Å²) in [7, 11) is 0. The zero-order chi connectivity index (χ0) is 4.99. The Balaban J connectivity index is 0. The number of alkyl halides is 2. The summed E-state index contributed by atoms with van der Waals surface area (Å²) in [6.45, 7) is 0. The number of halogens is 2. The molecule has 46 valence electrons. The molecule has 0 saturated heterocycles. The van der Waals surface area contributed by atoms with Crippen molar-refractivity contribution < 1.29 is 5.11 Å². The Kier molecular flexibility index (Phi) is 9.82. The minimum atomic E-state index is -0.762. The van der Waals surface area contributed by atoms with Gasteiger partial charge in [0.1, 0.15) is 5.56 Å². The summed E-state index contributed by atoms with van der Waals surface area (Å²) in [6.07, 6.45) is 0.461. The smallest absolute Gasteiger partial charge is 0.129 e. The Morgan fingerprint density at radius 3 is 2.00 bits per heavy atom. The SMILES string of the molecule is C.OC(Cl)CCCl. The van der Waals surface area contributed by atoms with Gasteiger partial charge in [-0.15, -0.1) is 11.6 Å². The lowest BCUT2D eigenvalue weighted by molar-refractivity contribution is 0.253. The second-order valence-electron chi connectivity index (χ2n) is 0.912. The van der Waals surface area contributed by atoms with E-state index in [2.05, 4.69) is 0 Å². The number of hydrogen-bond acceptors (Lipinski definition) is 1. The van der Waals surface area contributed by atoms with Gasteiger partial charge in [0.05, 0.1) is 0 Å². The monoisotopic (exact) mass is 144 g/mol. The van der Waals surface area contributed by atoms with E-state index in [4.69, 9.17) is 28.3 Å². The quantitative estimate of drug-likeness (QED) is 0.587. The maximum absolute atomic E-state index is 8.23. The van der Waals surface area contributed by atoms with Crippen molar-refractivity contribution in [2.24, 2.45) is 0 Å². The zero-order valence-electron chi connectivity index (χ0n) is 3.19. The molecule has 0 fully saturated rings. The first kappa shape index (κ1) is 10.5. The number of aliphatic hydroxyl groups is 1. The lowest BCUT2D eigenvalue weighted by Gasteiger charge is -1.91. The fraction of sp³-hybridized carbons (Fsp3) is 1.00. The summed E-state index contributed by atoms with van der Waals surface area (Å²) >= 11 is 10.2. The van der Waals surface area contributed by atoms with E-state index in [9.17, 15) is 0 Å². The van der Waals surface area contributed by atoms with Crippen LogP contribution in [0.15, 0.2) is 0 Å². The van der Waals surface area contributed by atoms with E-state index in [-0.39, 0.29) is 7.43 Å². The molecule has 0 aliphatic carbocycles. The highest BCUT2D eigenvalue weighted by molar-refractivity contribution is 6.21. The average Bonchev–Trinajstić information content (AvgIpc) is 1.35. The molecule has 0 amide bonds. The van der Waals surface area contributed by atoms with Crippen LogP contribution in [0.4, 0.5) is 0 Å². The molecule has 1 N–H and O–H groups in total. The van der Waals surface area contributed by atoms with Gasteiger partial charge in [-0.2, -0.15) is 0 Å². The predicted octanol–water partition coefficient (Wildman–Crippen LogP) is 1.81. The third-order valence-corrected chi connectivity index (χ3v) is 0.784. The lowest BCUT2D eigenvalue weighted by Crippen LogP contribution is -1.94. The first-order valence-corrected chi connectivity index (χ1v) is 2.62. The third kappa shape index (κ3) is 10.8. The van der Waals surface area contributed by atoms with Crippen LogP contribution in [0.25, 0.3) is 0 Å². The standard InChI is InChI=1S/C3H6Cl2O.CH4/c4-2-1-3(5)6;/h3,6H,1-2H2;1H4. The average molecular weight is 145 g/mol. The summed E-state index contributed by atoms with van der Waals surface area (Å²) in [6, 6.07) is 0. The van der Waals surface area contributed by atoms with Crippen LogP contribution in [0.2, 0.25) is 0 Å². The maximum atomic E-state index is 8.23. The van der Waals surface area contributed by atoms with Crippen LogP contribution in [-0.2, 0) is 0 Å². The second-order valence-corrected chi connectivity index (χ2v) is 1.79. The van der Waals surface area contributed by atoms with Crippen LogP contribution in [0.1, 0.15) is 13.8 Å².